The van der Waals surface area contributed by atoms with E-state index in [1.165, 1.54) is 0 Å². The first-order valence-electron chi connectivity index (χ1n) is 3.92. The Morgan fingerprint density at radius 2 is 2.21 bits per heavy atom. The molecule has 1 radical (unpaired) electrons. The molecule has 14 heavy (non-hydrogen) atoms. The van der Waals surface area contributed by atoms with Gasteiger partial charge in [0, 0.05) is 48.0 Å². The van der Waals surface area contributed by atoms with Crippen LogP contribution in [0, 0.1) is 13.8 Å². The second-order valence-electron chi connectivity index (χ2n) is 2.88. The zero-order chi connectivity index (χ0) is 9.84. The molecular weight excluding hydrogens is 272 g/mol. The number of carbonyl (C=O) groups excluding carboxylic acids is 1. The number of rotatable bonds is 3. The average molecular weight is 284 g/mol. The molecule has 0 spiro atoms. The van der Waals surface area contributed by atoms with Gasteiger partial charge in [-0.1, -0.05) is 6.07 Å². The summed E-state index contributed by atoms with van der Waals surface area (Å²) >= 11 is 0. The minimum absolute atomic E-state index is 0. The summed E-state index contributed by atoms with van der Waals surface area (Å²) in [7, 11) is 2.19. The van der Waals surface area contributed by atoms with E-state index in [-0.39, 0.29) is 38.5 Å². The fourth-order valence-electron chi connectivity index (χ4n) is 1.09. The molecule has 0 heterocycles. The van der Waals surface area contributed by atoms with Crippen LogP contribution < -0.4 is 0 Å². The molecule has 0 bridgehead atoms. The fraction of sp³-hybridized carbons (Fsp3) is 0.200. The molecule has 4 heteroatoms. The molecule has 0 aliphatic rings. The van der Waals surface area contributed by atoms with E-state index >= 15 is 0 Å². The van der Waals surface area contributed by atoms with E-state index < -0.39 is 0 Å². The Bertz CT molecular complexity index is 326. The van der Waals surface area contributed by atoms with Gasteiger partial charge < -0.3 is 9.32 Å². The van der Waals surface area contributed by atoms with Gasteiger partial charge in [-0.15, -0.1) is 17.7 Å². The van der Waals surface area contributed by atoms with Crippen molar-refractivity contribution in [2.24, 2.45) is 0 Å². The molecule has 2 nitrogen and oxygen atoms in total. The third kappa shape index (κ3) is 3.78. The predicted molar refractivity (Wildman–Crippen MR) is 55.4 cm³/mol. The van der Waals surface area contributed by atoms with Gasteiger partial charge in [0.15, 0.2) is 0 Å². The Labute approximate surface area is 112 Å². The third-order valence-corrected chi connectivity index (χ3v) is 2.08. The first-order valence-corrected chi connectivity index (χ1v) is 4.40. The maximum absolute atomic E-state index is 11.0. The monoisotopic (exact) mass is 284 g/mol. The largest absolute Gasteiger partial charge is 0.361 e. The number of ketones is 1. The van der Waals surface area contributed by atoms with Crippen molar-refractivity contribution in [2.75, 3.05) is 0 Å². The van der Waals surface area contributed by atoms with Gasteiger partial charge in [-0.25, -0.2) is 0 Å². The van der Waals surface area contributed by atoms with Crippen LogP contribution in [0.2, 0.25) is 0 Å². The van der Waals surface area contributed by atoms with Gasteiger partial charge in [0.2, 0.25) is 0 Å². The molecule has 0 fully saturated rings. The van der Waals surface area contributed by atoms with Gasteiger partial charge >= 0.3 is 0 Å². The van der Waals surface area contributed by atoms with Crippen LogP contribution in [0.3, 0.4) is 0 Å². The maximum Gasteiger partial charge on any atom is 0.0740 e. The number of hydrogen-bond acceptors (Lipinski definition) is 2. The average Bonchev–Trinajstić information content (AvgIpc) is 2.08. The smallest absolute Gasteiger partial charge is 0.0740 e. The van der Waals surface area contributed by atoms with Crippen LogP contribution in [0.15, 0.2) is 18.2 Å². The van der Waals surface area contributed by atoms with Crippen molar-refractivity contribution in [2.45, 2.75) is 13.5 Å². The quantitative estimate of drug-likeness (QED) is 0.483. The van der Waals surface area contributed by atoms with Crippen LogP contribution in [0.4, 0.5) is 0 Å². The van der Waals surface area contributed by atoms with Crippen molar-refractivity contribution in [3.05, 3.63) is 41.8 Å². The fourth-order valence-corrected chi connectivity index (χ4v) is 1.27. The predicted octanol–water partition coefficient (Wildman–Crippen LogP) is 2.32. The normalized spacial score (nSPS) is 9.29. The van der Waals surface area contributed by atoms with E-state index in [0.717, 1.165) is 11.1 Å². The van der Waals surface area contributed by atoms with E-state index in [1.54, 1.807) is 6.07 Å². The van der Waals surface area contributed by atoms with Crippen LogP contribution in [0.1, 0.15) is 21.5 Å². The summed E-state index contributed by atoms with van der Waals surface area (Å²) in [4.78, 5) is 11.0. The number of hydrogen-bond donors (Lipinski definition) is 0. The van der Waals surface area contributed by atoms with Crippen LogP contribution in [0.25, 0.3) is 0 Å². The van der Waals surface area contributed by atoms with Crippen LogP contribution in [-0.4, -0.2) is 5.78 Å². The minimum Gasteiger partial charge on any atom is -0.361 e. The topological polar surface area (TPSA) is 26.3 Å². The Morgan fingerprint density at radius 1 is 1.57 bits per heavy atom. The molecule has 0 aliphatic heterocycles. The second kappa shape index (κ2) is 6.69. The summed E-state index contributed by atoms with van der Waals surface area (Å²) in [5, 5.41) is 0. The van der Waals surface area contributed by atoms with Gasteiger partial charge in [-0.05, 0) is 18.1 Å². The molecule has 0 aliphatic carbocycles. The van der Waals surface area contributed by atoms with Gasteiger partial charge in [0.1, 0.15) is 0 Å². The van der Waals surface area contributed by atoms with Crippen molar-refractivity contribution in [3.8, 4) is 0 Å². The Hall–Kier alpha value is 0.254. The first-order chi connectivity index (χ1) is 6.15. The molecule has 1 aromatic rings. The SMILES string of the molecule is [CH2-]C(=O)c1ccc(C)c(COP)c1.[Y]. The summed E-state index contributed by atoms with van der Waals surface area (Å²) in [6.45, 7) is 5.83. The van der Waals surface area contributed by atoms with E-state index in [0.29, 0.717) is 12.2 Å². The van der Waals surface area contributed by atoms with Crippen molar-refractivity contribution in [1.29, 1.82) is 0 Å². The van der Waals surface area contributed by atoms with Crippen molar-refractivity contribution in [1.82, 2.24) is 0 Å². The number of Topliss-reactive ketones (excluding diaryl/α,β-unsaturated/α-hetero) is 1. The molecule has 0 N–H and O–H groups in total. The van der Waals surface area contributed by atoms with Crippen LogP contribution >= 0.6 is 9.47 Å². The molecule has 0 saturated heterocycles. The summed E-state index contributed by atoms with van der Waals surface area (Å²) in [5.41, 5.74) is 2.76. The van der Waals surface area contributed by atoms with Crippen LogP contribution in [0.5, 0.6) is 0 Å². The molecule has 0 aromatic heterocycles. The van der Waals surface area contributed by atoms with Crippen molar-refractivity contribution < 1.29 is 42.0 Å². The first kappa shape index (κ1) is 14.3. The standard InChI is InChI=1S/C10H12O2P.Y/c1-7-3-4-9(8(2)11)5-10(7)6-12-13;/h3-5H,2,6,13H2,1H3;/q-1;. The molecule has 1 aromatic carbocycles. The zero-order valence-electron chi connectivity index (χ0n) is 8.12. The minimum atomic E-state index is -0.162. The van der Waals surface area contributed by atoms with Gasteiger partial charge in [-0.3, -0.25) is 0 Å². The molecule has 0 amide bonds. The molecule has 1 rings (SSSR count). The molecule has 0 saturated carbocycles. The van der Waals surface area contributed by atoms with E-state index in [9.17, 15) is 4.79 Å². The molecule has 1 atom stereocenters. The molecule has 1 unspecified atom stereocenters. The number of aryl methyl sites for hydroxylation is 1. The molecular formula is C10H12O2PY-. The number of carbonyl (C=O) groups is 1. The summed E-state index contributed by atoms with van der Waals surface area (Å²) in [6, 6.07) is 5.49. The van der Waals surface area contributed by atoms with Gasteiger partial charge in [0.25, 0.3) is 0 Å². The number of benzene rings is 1. The van der Waals surface area contributed by atoms with E-state index in [2.05, 4.69) is 16.4 Å². The van der Waals surface area contributed by atoms with Gasteiger partial charge in [0.05, 0.1) is 6.61 Å². The zero-order valence-corrected chi connectivity index (χ0v) is 12.1. The summed E-state index contributed by atoms with van der Waals surface area (Å²) in [6.07, 6.45) is 0. The van der Waals surface area contributed by atoms with E-state index in [1.807, 2.05) is 19.1 Å². The van der Waals surface area contributed by atoms with E-state index in [4.69, 9.17) is 4.52 Å². The van der Waals surface area contributed by atoms with Gasteiger partial charge in [-0.2, -0.15) is 6.92 Å². The Balaban J connectivity index is 0.00000169. The molecule has 73 valence electrons. The van der Waals surface area contributed by atoms with Crippen molar-refractivity contribution >= 4 is 15.2 Å². The Kier molecular flexibility index (Phi) is 6.81. The summed E-state index contributed by atoms with van der Waals surface area (Å²) < 4.78 is 4.93. The van der Waals surface area contributed by atoms with Crippen LogP contribution in [-0.2, 0) is 43.8 Å². The van der Waals surface area contributed by atoms with Crippen molar-refractivity contribution in [3.63, 3.8) is 0 Å². The summed E-state index contributed by atoms with van der Waals surface area (Å²) in [5.74, 6) is -0.162. The Morgan fingerprint density at radius 3 is 2.71 bits per heavy atom. The maximum atomic E-state index is 11.0. The third-order valence-electron chi connectivity index (χ3n) is 1.91. The second-order valence-corrected chi connectivity index (χ2v) is 3.21.